The van der Waals surface area contributed by atoms with Gasteiger partial charge in [-0.25, -0.2) is 15.0 Å². The Morgan fingerprint density at radius 1 is 0.151 bits per heavy atom. The Kier molecular flexibility index (Phi) is 21.3. The standard InChI is InChI=1S/2C45H28N2O2.C45H30N2O/c1-3-10-29(11-4-1)33-14-9-15-34(26-33)47(36-23-24-38-37-16-7-8-17-41(37)48-42(38)28-36)35-22-20-30-18-19-31-21-25-40-44(43(31)39(30)27-35)49-45(46-40)32-12-5-2-6-13-32;1-3-10-29(11-4-1)30-20-24-34(25-21-30)47(40-16-9-15-37-36-14-7-8-17-41(36)48-43(37)40)35-26-22-31-18-19-32-23-27-39-44(42(32)38(31)28-35)49-45(46-39)33-12-5-2-6-13-33;1-4-10-31(11-5-1)33-18-24-38(25-19-33)47(39-26-20-34(21-27-39)32-12-6-2-7-13-32)40-28-22-35-16-17-36-23-29-42-44(43(36)41(35)30-40)46-45(48-42)37-14-8-3-9-15-37/h2*1-28H;1-30H. The third kappa shape index (κ3) is 15.7. The zero-order valence-electron chi connectivity index (χ0n) is 78.9. The summed E-state index contributed by atoms with van der Waals surface area (Å²) in [5, 5.41) is 17.7. The molecule has 0 atom stereocenters. The van der Waals surface area contributed by atoms with Crippen LogP contribution in [0.25, 0.3) is 221 Å². The molecule has 5 aromatic heterocycles. The van der Waals surface area contributed by atoms with E-state index in [9.17, 15) is 0 Å². The van der Waals surface area contributed by atoms with Crippen LogP contribution in [0.2, 0.25) is 0 Å². The van der Waals surface area contributed by atoms with Crippen molar-refractivity contribution in [1.29, 1.82) is 0 Å². The van der Waals surface area contributed by atoms with Crippen LogP contribution in [0, 0.1) is 0 Å². The number of hydrogen-bond donors (Lipinski definition) is 0. The van der Waals surface area contributed by atoms with Crippen LogP contribution >= 0.6 is 0 Å². The molecule has 0 saturated heterocycles. The zero-order chi connectivity index (χ0) is 96.5. The quantitative estimate of drug-likeness (QED) is 0.0862. The number of para-hydroxylation sites is 3. The lowest BCUT2D eigenvalue weighted by atomic mass is 9.99. The molecule has 0 aliphatic heterocycles. The van der Waals surface area contributed by atoms with Crippen LogP contribution in [0.1, 0.15) is 0 Å². The fraction of sp³-hybridized carbons (Fsp3) is 0. The number of furan rings is 2. The average Bonchev–Trinajstić information content (AvgIpc) is 1.38. The van der Waals surface area contributed by atoms with Crippen LogP contribution in [-0.2, 0) is 0 Å². The predicted octanol–water partition coefficient (Wildman–Crippen LogP) is 38.3. The normalized spacial score (nSPS) is 11.6. The minimum absolute atomic E-state index is 0.618. The third-order valence-corrected chi connectivity index (χ3v) is 28.0. The molecule has 0 radical (unpaired) electrons. The molecule has 24 aromatic carbocycles. The van der Waals surface area contributed by atoms with Gasteiger partial charge in [-0.2, -0.15) is 0 Å². The second kappa shape index (κ2) is 36.5. The molecule has 686 valence electrons. The summed E-state index contributed by atoms with van der Waals surface area (Å²) in [6, 6.07) is 182. The van der Waals surface area contributed by atoms with Crippen molar-refractivity contribution in [2.24, 2.45) is 0 Å². The molecule has 11 heteroatoms. The van der Waals surface area contributed by atoms with Gasteiger partial charge in [0.2, 0.25) is 17.7 Å². The number of oxazole rings is 3. The molecule has 0 unspecified atom stereocenters. The minimum Gasteiger partial charge on any atom is -0.456 e. The number of hydrogen-bond acceptors (Lipinski definition) is 11. The van der Waals surface area contributed by atoms with Crippen molar-refractivity contribution >= 4 is 193 Å². The van der Waals surface area contributed by atoms with Gasteiger partial charge in [0.05, 0.1) is 5.69 Å². The second-order valence-electron chi connectivity index (χ2n) is 36.8. The van der Waals surface area contributed by atoms with Gasteiger partial charge in [0.25, 0.3) is 0 Å². The Labute approximate surface area is 839 Å². The van der Waals surface area contributed by atoms with Gasteiger partial charge in [-0.3, -0.25) is 0 Å². The highest BCUT2D eigenvalue weighted by atomic mass is 16.4. The van der Waals surface area contributed by atoms with Gasteiger partial charge in [0, 0.05) is 106 Å². The van der Waals surface area contributed by atoms with E-state index in [1.807, 2.05) is 140 Å². The number of benzene rings is 24. The van der Waals surface area contributed by atoms with E-state index in [0.29, 0.717) is 17.7 Å². The van der Waals surface area contributed by atoms with Crippen molar-refractivity contribution in [1.82, 2.24) is 15.0 Å². The number of nitrogens with zero attached hydrogens (tertiary/aromatic N) is 6. The van der Waals surface area contributed by atoms with Gasteiger partial charge < -0.3 is 36.8 Å². The van der Waals surface area contributed by atoms with Gasteiger partial charge in [-0.05, 0) is 263 Å². The lowest BCUT2D eigenvalue weighted by molar-refractivity contribution is 0.620. The Morgan fingerprint density at radius 2 is 0.466 bits per heavy atom. The van der Waals surface area contributed by atoms with E-state index in [1.54, 1.807) is 0 Å². The molecule has 11 nitrogen and oxygen atoms in total. The summed E-state index contributed by atoms with van der Waals surface area (Å²) in [5.41, 5.74) is 30.0. The summed E-state index contributed by atoms with van der Waals surface area (Å²) in [5.74, 6) is 1.87. The maximum absolute atomic E-state index is 6.60. The van der Waals surface area contributed by atoms with Crippen molar-refractivity contribution in [2.45, 2.75) is 0 Å². The van der Waals surface area contributed by atoms with Crippen molar-refractivity contribution in [3.63, 3.8) is 0 Å². The summed E-state index contributed by atoms with van der Waals surface area (Å²) in [4.78, 5) is 21.8. The van der Waals surface area contributed by atoms with Crippen molar-refractivity contribution in [2.75, 3.05) is 14.7 Å². The molecule has 5 heterocycles. The Balaban J connectivity index is 0.000000109. The molecule has 0 spiro atoms. The smallest absolute Gasteiger partial charge is 0.227 e. The molecular formula is C135H86N6O5. The van der Waals surface area contributed by atoms with E-state index in [2.05, 4.69) is 397 Å². The van der Waals surface area contributed by atoms with Gasteiger partial charge in [-0.15, -0.1) is 0 Å². The highest BCUT2D eigenvalue weighted by molar-refractivity contribution is 6.23. The maximum atomic E-state index is 6.60. The lowest BCUT2D eigenvalue weighted by Gasteiger charge is -2.26. The van der Waals surface area contributed by atoms with Gasteiger partial charge in [0.15, 0.2) is 22.3 Å². The van der Waals surface area contributed by atoms with Crippen molar-refractivity contribution in [3.8, 4) is 78.9 Å². The number of anilines is 9. The van der Waals surface area contributed by atoms with Crippen LogP contribution in [0.4, 0.5) is 51.2 Å². The van der Waals surface area contributed by atoms with E-state index < -0.39 is 0 Å². The van der Waals surface area contributed by atoms with Gasteiger partial charge >= 0.3 is 0 Å². The zero-order valence-corrected chi connectivity index (χ0v) is 78.9. The number of rotatable bonds is 16. The molecule has 0 aliphatic rings. The first-order valence-electron chi connectivity index (χ1n) is 49.1. The first-order valence-corrected chi connectivity index (χ1v) is 49.1. The molecule has 0 aliphatic carbocycles. The molecule has 29 aromatic rings. The Morgan fingerprint density at radius 3 is 0.952 bits per heavy atom. The van der Waals surface area contributed by atoms with Crippen LogP contribution in [-0.4, -0.2) is 15.0 Å². The highest BCUT2D eigenvalue weighted by Crippen LogP contribution is 2.50. The van der Waals surface area contributed by atoms with Gasteiger partial charge in [0.1, 0.15) is 33.3 Å². The maximum Gasteiger partial charge on any atom is 0.227 e. The minimum atomic E-state index is 0.618. The lowest BCUT2D eigenvalue weighted by Crippen LogP contribution is -2.10. The Bertz CT molecular complexity index is 9910. The molecule has 0 N–H and O–H groups in total. The predicted molar refractivity (Wildman–Crippen MR) is 604 cm³/mol. The Hall–Kier alpha value is -19.8. The molecule has 0 bridgehead atoms. The average molecular weight is 1870 g/mol. The van der Waals surface area contributed by atoms with Crippen molar-refractivity contribution in [3.05, 3.63) is 522 Å². The largest absolute Gasteiger partial charge is 0.456 e. The highest BCUT2D eigenvalue weighted by Gasteiger charge is 2.26. The third-order valence-electron chi connectivity index (χ3n) is 28.0. The van der Waals surface area contributed by atoms with E-state index >= 15 is 0 Å². The van der Waals surface area contributed by atoms with Gasteiger partial charge in [-0.1, -0.05) is 346 Å². The summed E-state index contributed by atoms with van der Waals surface area (Å²) in [7, 11) is 0. The molecule has 146 heavy (non-hydrogen) atoms. The monoisotopic (exact) mass is 1870 g/mol. The van der Waals surface area contributed by atoms with E-state index in [0.717, 1.165) is 221 Å². The van der Waals surface area contributed by atoms with Crippen LogP contribution in [0.3, 0.4) is 0 Å². The topological polar surface area (TPSA) is 114 Å². The van der Waals surface area contributed by atoms with Crippen LogP contribution in [0.15, 0.2) is 544 Å². The summed E-state index contributed by atoms with van der Waals surface area (Å²) in [6.07, 6.45) is 0. The summed E-state index contributed by atoms with van der Waals surface area (Å²) in [6.45, 7) is 0. The van der Waals surface area contributed by atoms with Crippen molar-refractivity contribution < 1.29 is 22.1 Å². The molecular weight excluding hydrogens is 1790 g/mol. The fourth-order valence-electron chi connectivity index (χ4n) is 20.9. The number of aromatic nitrogens is 3. The first-order chi connectivity index (χ1) is 72.3. The SMILES string of the molecule is c1ccc(-c2ccc(N(c3ccc(-c4ccccc4)cc3)c3ccc4ccc5ccc6oc(-c7ccccc7)nc6c5c4c3)cc2)cc1.c1ccc(-c2ccc(N(c3ccc4ccc5ccc6nc(-c7ccccc7)oc6c5c4c3)c3cccc4c3oc3ccccc34)cc2)cc1.c1ccc(-c2cccc(N(c3ccc4c(c3)oc3ccccc34)c3ccc4ccc5ccc6nc(-c7ccccc7)oc6c5c4c3)c2)cc1. The number of fused-ring (bicyclic) bond motifs is 21. The van der Waals surface area contributed by atoms with E-state index in [-0.39, 0.29) is 0 Å². The summed E-state index contributed by atoms with van der Waals surface area (Å²) < 4.78 is 32.4. The van der Waals surface area contributed by atoms with Crippen LogP contribution in [0.5, 0.6) is 0 Å². The van der Waals surface area contributed by atoms with E-state index in [4.69, 9.17) is 37.0 Å². The second-order valence-corrected chi connectivity index (χ2v) is 36.8. The molecule has 29 rings (SSSR count). The molecule has 0 saturated carbocycles. The summed E-state index contributed by atoms with van der Waals surface area (Å²) >= 11 is 0. The molecule has 0 amide bonds. The fourth-order valence-corrected chi connectivity index (χ4v) is 20.9. The van der Waals surface area contributed by atoms with E-state index in [1.165, 1.54) is 33.4 Å². The first kappa shape index (κ1) is 85.4. The van der Waals surface area contributed by atoms with Crippen LogP contribution < -0.4 is 14.7 Å². The molecule has 0 fully saturated rings.